The maximum absolute atomic E-state index is 14.6. The minimum atomic E-state index is -5.53. The highest BCUT2D eigenvalue weighted by molar-refractivity contribution is 5.43. The SMILES string of the molecule is Fc1cc(OC(F)(F)c2c(F)cc(C#CCCCCCC#Cc3cc(F)c(C(F)(F)Oc4cc(F)c(C(F)(F)F)c(F)c4)c(F)c3)cc2F)cc(F)c1C(F)(F)F.Fc1cc(OC(F)(F)c2c(F)cc(CCCCCCCCCc3cc(F)c(C(F)(F)Oc4cc(F)c(C(F)(F)F)c(F)c4)c(F)c3)cc2F)cc(F)c1C(F)(F)F. The van der Waals surface area contributed by atoms with Crippen LogP contribution in [0.15, 0.2) is 97.1 Å². The molecule has 0 aliphatic heterocycles. The number of rotatable bonds is 26. The van der Waals surface area contributed by atoms with Crippen molar-refractivity contribution in [3.63, 3.8) is 0 Å². The Balaban J connectivity index is 0.000000316. The summed E-state index contributed by atoms with van der Waals surface area (Å²) in [5.41, 5.74) is -18.5. The van der Waals surface area contributed by atoms with Gasteiger partial charge in [0.25, 0.3) is 0 Å². The number of hydrogen-bond acceptors (Lipinski definition) is 4. The Kier molecular flexibility index (Phi) is 28.6. The maximum atomic E-state index is 14.6. The van der Waals surface area contributed by atoms with Crippen LogP contribution in [0, 0.1) is 117 Å². The lowest BCUT2D eigenvalue weighted by molar-refractivity contribution is -0.190. The van der Waals surface area contributed by atoms with Crippen LogP contribution in [-0.4, -0.2) is 0 Å². The normalized spacial score (nSPS) is 12.4. The van der Waals surface area contributed by atoms with Gasteiger partial charge in [-0.25, -0.2) is 70.2 Å². The molecule has 0 amide bonds. The van der Waals surface area contributed by atoms with Gasteiger partial charge in [-0.3, -0.25) is 0 Å². The molecule has 8 rings (SSSR count). The zero-order valence-corrected chi connectivity index (χ0v) is 56.4. The standard InChI is InChI=1S/C37H26F18O2.C37H18F18O2/c2*38-22-10-18(11-23(39)32(22)36(52,53)56-20-14-26(42)30(27(43)15-20)34(46,47)48)8-6-4-2-1-3-5-7-9-19-12-24(40)33(25(41)13-19)37(54,55)57-21-16-28(44)31(29(45)17-21)35(49,50)51/h10-17H,1-9H2;10-17H,1-5H2. The molecule has 0 aromatic heterocycles. The summed E-state index contributed by atoms with van der Waals surface area (Å²) in [7, 11) is 0. The van der Waals surface area contributed by atoms with Crippen LogP contribution >= 0.6 is 0 Å². The van der Waals surface area contributed by atoms with Crippen LogP contribution < -0.4 is 18.9 Å². The molecule has 0 aliphatic rings. The lowest BCUT2D eigenvalue weighted by Crippen LogP contribution is -2.26. The van der Waals surface area contributed by atoms with Gasteiger partial charge in [-0.15, -0.1) is 0 Å². The van der Waals surface area contributed by atoms with Crippen LogP contribution in [0.4, 0.5) is 158 Å². The quantitative estimate of drug-likeness (QED) is 0.0308. The summed E-state index contributed by atoms with van der Waals surface area (Å²) in [5, 5.41) is 0. The van der Waals surface area contributed by atoms with E-state index in [1.54, 1.807) is 0 Å². The molecule has 0 heterocycles. The van der Waals surface area contributed by atoms with E-state index < -0.39 is 221 Å². The minimum absolute atomic E-state index is 0.0190. The molecular weight excluding hydrogens is 1640 g/mol. The Bertz CT molecular complexity index is 4450. The van der Waals surface area contributed by atoms with Gasteiger partial charge in [0.05, 0.1) is 0 Å². The van der Waals surface area contributed by atoms with E-state index in [1.807, 2.05) is 0 Å². The topological polar surface area (TPSA) is 36.9 Å². The number of hydrogen-bond donors (Lipinski definition) is 0. The molecule has 0 aliphatic carbocycles. The summed E-state index contributed by atoms with van der Waals surface area (Å²) in [4.78, 5) is 0. The molecule has 0 atom stereocenters. The van der Waals surface area contributed by atoms with Gasteiger partial charge in [0.2, 0.25) is 0 Å². The molecule has 0 N–H and O–H groups in total. The van der Waals surface area contributed by atoms with Gasteiger partial charge in [-0.1, -0.05) is 62.2 Å². The highest BCUT2D eigenvalue weighted by atomic mass is 19.4. The first-order valence-electron chi connectivity index (χ1n) is 32.1. The number of benzene rings is 8. The molecule has 0 spiro atoms. The van der Waals surface area contributed by atoms with E-state index in [-0.39, 0.29) is 85.3 Å². The fourth-order valence-electron chi connectivity index (χ4n) is 10.7. The molecule has 0 radical (unpaired) electrons. The van der Waals surface area contributed by atoms with E-state index >= 15 is 0 Å². The Morgan fingerprint density at radius 2 is 0.368 bits per heavy atom. The average molecular weight is 1680 g/mol. The fraction of sp³-hybridized carbons (Fsp3) is 0.297. The van der Waals surface area contributed by atoms with E-state index in [9.17, 15) is 158 Å². The molecule has 0 saturated heterocycles. The van der Waals surface area contributed by atoms with E-state index in [1.165, 1.54) is 0 Å². The number of halogens is 36. The van der Waals surface area contributed by atoms with Crippen LogP contribution in [0.2, 0.25) is 0 Å². The Hall–Kier alpha value is -10.4. The van der Waals surface area contributed by atoms with Crippen molar-refractivity contribution in [2.75, 3.05) is 0 Å². The van der Waals surface area contributed by atoms with Crippen molar-refractivity contribution in [1.29, 1.82) is 0 Å². The van der Waals surface area contributed by atoms with Crippen molar-refractivity contribution in [3.8, 4) is 46.7 Å². The lowest BCUT2D eigenvalue weighted by atomic mass is 10.0. The molecule has 8 aromatic rings. The number of ether oxygens (including phenoxy) is 4. The summed E-state index contributed by atoms with van der Waals surface area (Å²) in [6.07, 6.45) is -37.1. The molecule has 40 heteroatoms. The van der Waals surface area contributed by atoms with Gasteiger partial charge in [-0.05, 0) is 98.2 Å². The van der Waals surface area contributed by atoms with Gasteiger partial charge in [-0.2, -0.15) is 87.8 Å². The van der Waals surface area contributed by atoms with E-state index in [4.69, 9.17) is 0 Å². The number of aryl methyl sites for hydroxylation is 2. The molecule has 0 fully saturated rings. The molecule has 4 nitrogen and oxygen atoms in total. The number of alkyl halides is 20. The fourth-order valence-corrected chi connectivity index (χ4v) is 10.7. The predicted octanol–water partition coefficient (Wildman–Crippen LogP) is 26.1. The molecule has 0 unspecified atom stereocenters. The maximum Gasteiger partial charge on any atom is 0.432 e. The average Bonchev–Trinajstić information content (AvgIpc) is 0.788. The largest absolute Gasteiger partial charge is 0.432 e. The second kappa shape index (κ2) is 35.9. The van der Waals surface area contributed by atoms with Crippen LogP contribution in [0.5, 0.6) is 23.0 Å². The summed E-state index contributed by atoms with van der Waals surface area (Å²) in [6.45, 7) is 0. The van der Waals surface area contributed by atoms with Crippen molar-refractivity contribution in [2.24, 2.45) is 0 Å². The lowest BCUT2D eigenvalue weighted by Gasteiger charge is -2.20. The van der Waals surface area contributed by atoms with Crippen molar-refractivity contribution >= 4 is 0 Å². The van der Waals surface area contributed by atoms with Crippen molar-refractivity contribution in [2.45, 2.75) is 139 Å². The third-order valence-electron chi connectivity index (χ3n) is 15.6. The second-order valence-electron chi connectivity index (χ2n) is 24.2. The number of unbranched alkanes of at least 4 members (excludes halogenated alkanes) is 10. The Labute approximate surface area is 618 Å². The molecule has 0 saturated carbocycles. The van der Waals surface area contributed by atoms with Gasteiger partial charge in [0.1, 0.15) is 161 Å². The molecule has 114 heavy (non-hydrogen) atoms. The van der Waals surface area contributed by atoms with Gasteiger partial charge in [0, 0.05) is 72.5 Å². The van der Waals surface area contributed by atoms with E-state index in [0.717, 1.165) is 0 Å². The molecule has 0 bridgehead atoms. The monoisotopic (exact) mass is 1680 g/mol. The van der Waals surface area contributed by atoms with Crippen molar-refractivity contribution in [1.82, 2.24) is 0 Å². The van der Waals surface area contributed by atoms with Gasteiger partial charge in [0.15, 0.2) is 0 Å². The summed E-state index contributed by atoms with van der Waals surface area (Å²) >= 11 is 0. The smallest absolute Gasteiger partial charge is 0.429 e. The highest BCUT2D eigenvalue weighted by Gasteiger charge is 2.48. The van der Waals surface area contributed by atoms with E-state index in [0.29, 0.717) is 113 Å². The molecule has 616 valence electrons. The van der Waals surface area contributed by atoms with Crippen molar-refractivity contribution < 1.29 is 177 Å². The first-order chi connectivity index (χ1) is 52.6. The predicted molar refractivity (Wildman–Crippen MR) is 326 cm³/mol. The zero-order valence-electron chi connectivity index (χ0n) is 56.4. The molecule has 8 aromatic carbocycles. The first kappa shape index (κ1) is 90.7. The van der Waals surface area contributed by atoms with E-state index in [2.05, 4.69) is 42.6 Å². The second-order valence-corrected chi connectivity index (χ2v) is 24.2. The van der Waals surface area contributed by atoms with Crippen LogP contribution in [0.25, 0.3) is 0 Å². The minimum Gasteiger partial charge on any atom is -0.429 e. The highest BCUT2D eigenvalue weighted by Crippen LogP contribution is 2.46. The summed E-state index contributed by atoms with van der Waals surface area (Å²) in [6, 6.07) is 1.93. The first-order valence-corrected chi connectivity index (χ1v) is 32.1. The third kappa shape index (κ3) is 23.4. The van der Waals surface area contributed by atoms with Crippen LogP contribution in [0.3, 0.4) is 0 Å². The van der Waals surface area contributed by atoms with Crippen LogP contribution in [0.1, 0.15) is 144 Å². The van der Waals surface area contributed by atoms with Gasteiger partial charge < -0.3 is 18.9 Å². The summed E-state index contributed by atoms with van der Waals surface area (Å²) < 4.78 is 512. The van der Waals surface area contributed by atoms with Crippen LogP contribution in [-0.2, 0) is 62.0 Å². The third-order valence-corrected chi connectivity index (χ3v) is 15.6. The zero-order chi connectivity index (χ0) is 85.3. The molecular formula is C74H44F36O4. The van der Waals surface area contributed by atoms with Gasteiger partial charge >= 0.3 is 49.1 Å². The summed E-state index contributed by atoms with van der Waals surface area (Å²) in [5.74, 6) is -29.7. The Morgan fingerprint density at radius 1 is 0.202 bits per heavy atom. The Morgan fingerprint density at radius 3 is 0.561 bits per heavy atom. The van der Waals surface area contributed by atoms with Crippen molar-refractivity contribution in [3.05, 3.63) is 257 Å².